The third-order valence-electron chi connectivity index (χ3n) is 2.87. The topological polar surface area (TPSA) is 83.5 Å². The molecule has 5 nitrogen and oxygen atoms in total. The third-order valence-corrected chi connectivity index (χ3v) is 3.84. The van der Waals surface area contributed by atoms with E-state index in [0.29, 0.717) is 0 Å². The molecule has 1 rings (SSSR count). The molecule has 0 aromatic rings. The highest BCUT2D eigenvalue weighted by Gasteiger charge is 2.24. The van der Waals surface area contributed by atoms with Gasteiger partial charge in [0.15, 0.2) is 0 Å². The number of hydrogen-bond acceptors (Lipinski definition) is 4. The molecule has 0 aromatic carbocycles. The highest BCUT2D eigenvalue weighted by atomic mass is 32.2. The van der Waals surface area contributed by atoms with E-state index in [-0.39, 0.29) is 18.2 Å². The van der Waals surface area contributed by atoms with Gasteiger partial charge >= 0.3 is 5.97 Å². The van der Waals surface area contributed by atoms with Crippen LogP contribution >= 0.6 is 0 Å². The molecule has 1 aliphatic rings. The molecule has 0 amide bonds. The summed E-state index contributed by atoms with van der Waals surface area (Å²) in [5.74, 6) is -1.04. The molecule has 16 heavy (non-hydrogen) atoms. The largest absolute Gasteiger partial charge is 0.480 e. The van der Waals surface area contributed by atoms with Gasteiger partial charge in [0.25, 0.3) is 0 Å². The Labute approximate surface area is 96.1 Å². The summed E-state index contributed by atoms with van der Waals surface area (Å²) in [6.07, 6.45) is 5.49. The Morgan fingerprint density at radius 1 is 1.44 bits per heavy atom. The molecule has 0 bridgehead atoms. The van der Waals surface area contributed by atoms with Gasteiger partial charge in [-0.15, -0.1) is 0 Å². The average molecular weight is 249 g/mol. The zero-order chi connectivity index (χ0) is 12.2. The normalized spacial score (nSPS) is 19.8. The minimum atomic E-state index is -3.09. The molecule has 0 spiro atoms. The van der Waals surface area contributed by atoms with E-state index in [4.69, 9.17) is 5.11 Å². The quantitative estimate of drug-likeness (QED) is 0.712. The summed E-state index contributed by atoms with van der Waals surface area (Å²) >= 11 is 0. The van der Waals surface area contributed by atoms with Crippen LogP contribution in [-0.2, 0) is 14.6 Å². The number of carboxylic acids is 1. The van der Waals surface area contributed by atoms with E-state index in [1.54, 1.807) is 0 Å². The fourth-order valence-corrected chi connectivity index (χ4v) is 2.65. The maximum Gasteiger partial charge on any atom is 0.320 e. The van der Waals surface area contributed by atoms with Gasteiger partial charge in [0.05, 0.1) is 5.75 Å². The molecule has 6 heteroatoms. The summed E-state index contributed by atoms with van der Waals surface area (Å²) in [5, 5.41) is 12.0. The third kappa shape index (κ3) is 4.94. The highest BCUT2D eigenvalue weighted by Crippen LogP contribution is 2.18. The number of rotatable bonds is 6. The van der Waals surface area contributed by atoms with Gasteiger partial charge in [-0.1, -0.05) is 12.8 Å². The van der Waals surface area contributed by atoms with Crippen molar-refractivity contribution in [3.05, 3.63) is 0 Å². The van der Waals surface area contributed by atoms with Crippen molar-refractivity contribution in [3.63, 3.8) is 0 Å². The first-order chi connectivity index (χ1) is 7.38. The number of nitrogens with one attached hydrogen (secondary N) is 1. The van der Waals surface area contributed by atoms with Crippen LogP contribution in [0.25, 0.3) is 0 Å². The standard InChI is InChI=1S/C10H19NO4S/c1-16(14,15)7-6-9(10(12)13)11-8-4-2-3-5-8/h8-9,11H,2-7H2,1H3,(H,12,13). The molecule has 1 atom stereocenters. The van der Waals surface area contributed by atoms with E-state index in [0.717, 1.165) is 31.9 Å². The van der Waals surface area contributed by atoms with E-state index < -0.39 is 21.8 Å². The van der Waals surface area contributed by atoms with Gasteiger partial charge in [-0.05, 0) is 19.3 Å². The smallest absolute Gasteiger partial charge is 0.320 e. The predicted molar refractivity (Wildman–Crippen MR) is 61.1 cm³/mol. The summed E-state index contributed by atoms with van der Waals surface area (Å²) in [4.78, 5) is 10.9. The van der Waals surface area contributed by atoms with Gasteiger partial charge in [0.1, 0.15) is 15.9 Å². The summed E-state index contributed by atoms with van der Waals surface area (Å²) in [6, 6.07) is -0.501. The first-order valence-corrected chi connectivity index (χ1v) is 7.61. The monoisotopic (exact) mass is 249 g/mol. The Bertz CT molecular complexity index is 333. The molecular formula is C10H19NO4S. The minimum absolute atomic E-state index is 0.0797. The van der Waals surface area contributed by atoms with Crippen LogP contribution in [0.3, 0.4) is 0 Å². The maximum atomic E-state index is 11.0. The number of sulfone groups is 1. The van der Waals surface area contributed by atoms with Gasteiger partial charge in [-0.2, -0.15) is 0 Å². The fraction of sp³-hybridized carbons (Fsp3) is 0.900. The minimum Gasteiger partial charge on any atom is -0.480 e. The van der Waals surface area contributed by atoms with Gasteiger partial charge in [-0.25, -0.2) is 8.42 Å². The van der Waals surface area contributed by atoms with Crippen molar-refractivity contribution in [3.8, 4) is 0 Å². The summed E-state index contributed by atoms with van der Waals surface area (Å²) < 4.78 is 21.9. The number of hydrogen-bond donors (Lipinski definition) is 2. The zero-order valence-corrected chi connectivity index (χ0v) is 10.3. The van der Waals surface area contributed by atoms with Crippen LogP contribution in [0.15, 0.2) is 0 Å². The van der Waals surface area contributed by atoms with E-state index in [2.05, 4.69) is 5.32 Å². The lowest BCUT2D eigenvalue weighted by Crippen LogP contribution is -2.43. The molecule has 1 saturated carbocycles. The van der Waals surface area contributed by atoms with Gasteiger partial charge < -0.3 is 10.4 Å². The van der Waals surface area contributed by atoms with Crippen LogP contribution in [-0.4, -0.2) is 43.6 Å². The summed E-state index contributed by atoms with van der Waals surface area (Å²) in [5.41, 5.74) is 0. The molecular weight excluding hydrogens is 230 g/mol. The lowest BCUT2D eigenvalue weighted by atomic mass is 10.1. The van der Waals surface area contributed by atoms with Crippen LogP contribution in [0.4, 0.5) is 0 Å². The molecule has 0 radical (unpaired) electrons. The Morgan fingerprint density at radius 2 is 2.00 bits per heavy atom. The van der Waals surface area contributed by atoms with Crippen molar-refractivity contribution in [2.24, 2.45) is 0 Å². The molecule has 0 aliphatic heterocycles. The van der Waals surface area contributed by atoms with Crippen molar-refractivity contribution < 1.29 is 18.3 Å². The van der Waals surface area contributed by atoms with E-state index in [1.807, 2.05) is 0 Å². The van der Waals surface area contributed by atoms with Crippen LogP contribution in [0.2, 0.25) is 0 Å². The fourth-order valence-electron chi connectivity index (χ4n) is 1.99. The SMILES string of the molecule is CS(=O)(=O)CCC(NC1CCCC1)C(=O)O. The Kier molecular flexibility index (Phi) is 4.73. The Hall–Kier alpha value is -0.620. The first-order valence-electron chi connectivity index (χ1n) is 5.55. The molecule has 1 unspecified atom stereocenters. The van der Waals surface area contributed by atoms with Crippen LogP contribution in [0, 0.1) is 0 Å². The molecule has 0 saturated heterocycles. The zero-order valence-electron chi connectivity index (χ0n) is 9.48. The second kappa shape index (κ2) is 5.63. The number of carboxylic acid groups (broad SMARTS) is 1. The van der Waals surface area contributed by atoms with Gasteiger partial charge in [0.2, 0.25) is 0 Å². The van der Waals surface area contributed by atoms with Gasteiger partial charge in [0, 0.05) is 12.3 Å². The lowest BCUT2D eigenvalue weighted by molar-refractivity contribution is -0.139. The molecule has 1 fully saturated rings. The lowest BCUT2D eigenvalue weighted by Gasteiger charge is -2.18. The Morgan fingerprint density at radius 3 is 2.44 bits per heavy atom. The van der Waals surface area contributed by atoms with Crippen LogP contribution < -0.4 is 5.32 Å². The molecule has 1 aliphatic carbocycles. The Balaban J connectivity index is 2.44. The van der Waals surface area contributed by atoms with E-state index >= 15 is 0 Å². The number of aliphatic carboxylic acids is 1. The van der Waals surface area contributed by atoms with E-state index in [9.17, 15) is 13.2 Å². The molecule has 94 valence electrons. The van der Waals surface area contributed by atoms with Crippen LogP contribution in [0.5, 0.6) is 0 Å². The van der Waals surface area contributed by atoms with Gasteiger partial charge in [-0.3, -0.25) is 4.79 Å². The summed E-state index contributed by atoms with van der Waals surface area (Å²) in [6.45, 7) is 0. The predicted octanol–water partition coefficient (Wildman–Crippen LogP) is 0.406. The first kappa shape index (κ1) is 13.4. The van der Waals surface area contributed by atoms with Crippen molar-refractivity contribution >= 4 is 15.8 Å². The van der Waals surface area contributed by atoms with E-state index in [1.165, 1.54) is 0 Å². The number of carbonyl (C=O) groups is 1. The van der Waals surface area contributed by atoms with Crippen molar-refractivity contribution in [2.75, 3.05) is 12.0 Å². The van der Waals surface area contributed by atoms with Crippen molar-refractivity contribution in [2.45, 2.75) is 44.2 Å². The van der Waals surface area contributed by atoms with Crippen molar-refractivity contribution in [1.29, 1.82) is 0 Å². The molecule has 0 heterocycles. The second-order valence-electron chi connectivity index (χ2n) is 4.46. The molecule has 0 aromatic heterocycles. The highest BCUT2D eigenvalue weighted by molar-refractivity contribution is 7.90. The second-order valence-corrected chi connectivity index (χ2v) is 6.72. The molecule has 2 N–H and O–H groups in total. The maximum absolute atomic E-state index is 11.0. The van der Waals surface area contributed by atoms with Crippen LogP contribution in [0.1, 0.15) is 32.1 Å². The van der Waals surface area contributed by atoms with Crippen molar-refractivity contribution in [1.82, 2.24) is 5.32 Å². The summed E-state index contributed by atoms with van der Waals surface area (Å²) in [7, 11) is -3.09. The average Bonchev–Trinajstić information content (AvgIpc) is 2.62.